The molecule has 4 aliphatic heterocycles. The lowest BCUT2D eigenvalue weighted by molar-refractivity contribution is 0.00528. The molecule has 0 aromatic carbocycles. The number of nitrogens with one attached hydrogen (secondary N) is 1. The monoisotopic (exact) mass is 980 g/mol. The molecule has 6 aromatic rings. The number of ether oxygens (including phenoxy) is 5. The minimum Gasteiger partial charge on any atom is -0.486 e. The Kier molecular flexibility index (Phi) is 15.2. The van der Waals surface area contributed by atoms with E-state index in [-0.39, 0.29) is 35.4 Å². The molecule has 6 aromatic heterocycles. The molecule has 0 atom stereocenters. The summed E-state index contributed by atoms with van der Waals surface area (Å²) in [5.41, 5.74) is 1.91. The lowest BCUT2D eigenvalue weighted by Gasteiger charge is -2.39. The first kappa shape index (κ1) is 49.1. The molecular weight excluding hydrogens is 923 g/mol. The number of hydrogen-bond donors (Lipinski definition) is 1. The van der Waals surface area contributed by atoms with Crippen LogP contribution < -0.4 is 35.4 Å². The van der Waals surface area contributed by atoms with E-state index in [4.69, 9.17) is 23.7 Å². The highest BCUT2D eigenvalue weighted by Crippen LogP contribution is 2.32. The van der Waals surface area contributed by atoms with Crippen molar-refractivity contribution in [1.82, 2.24) is 59.1 Å². The standard InChI is InChI=1S/C27H33FN6O5.C22H25FN6O3/c1-27(2,3)39-26(36)34(17-18-14-21-22(15-29-18)38-13-12-37-21)19-6-8-32(9-7-19)10-11-33-24(35)16-30-20-4-5-23(28)31-25(20)33;23-20-2-1-17-22(27-20)29(21(30)14-26-17)8-7-28-5-3-15(4-6-28)24-12-16-11-18-19(13-25-16)32-10-9-31-18/h4-5,14-16,19H,6-13,17H2,1-3H3;1-2,11,13-15,24H,3-10,12H2. The molecule has 71 heavy (non-hydrogen) atoms. The van der Waals surface area contributed by atoms with Gasteiger partial charge in [0.05, 0.1) is 42.7 Å². The molecule has 22 heteroatoms. The Labute approximate surface area is 407 Å². The number of aromatic nitrogens is 8. The zero-order valence-corrected chi connectivity index (χ0v) is 40.1. The third-order valence-corrected chi connectivity index (χ3v) is 12.7. The predicted molar refractivity (Wildman–Crippen MR) is 256 cm³/mol. The minimum absolute atomic E-state index is 0.0497. The number of fused-ring (bicyclic) bond motifs is 4. The van der Waals surface area contributed by atoms with Crippen molar-refractivity contribution in [3.05, 3.63) is 105 Å². The van der Waals surface area contributed by atoms with Gasteiger partial charge in [0, 0.05) is 70.0 Å². The zero-order valence-electron chi connectivity index (χ0n) is 40.1. The molecule has 20 nitrogen and oxygen atoms in total. The van der Waals surface area contributed by atoms with Crippen LogP contribution >= 0.6 is 0 Å². The molecule has 376 valence electrons. The van der Waals surface area contributed by atoms with Crippen molar-refractivity contribution < 1.29 is 37.3 Å². The van der Waals surface area contributed by atoms with Crippen LogP contribution in [0.3, 0.4) is 0 Å². The Morgan fingerprint density at radius 2 is 1.14 bits per heavy atom. The van der Waals surface area contributed by atoms with E-state index in [0.29, 0.717) is 105 Å². The minimum atomic E-state index is -0.654. The van der Waals surface area contributed by atoms with E-state index < -0.39 is 17.5 Å². The smallest absolute Gasteiger partial charge is 0.410 e. The van der Waals surface area contributed by atoms with Gasteiger partial charge in [-0.05, 0) is 83.8 Å². The van der Waals surface area contributed by atoms with Gasteiger partial charge in [-0.15, -0.1) is 0 Å². The van der Waals surface area contributed by atoms with Crippen molar-refractivity contribution in [1.29, 1.82) is 0 Å². The summed E-state index contributed by atoms with van der Waals surface area (Å²) in [6, 6.07) is 9.64. The summed E-state index contributed by atoms with van der Waals surface area (Å²) < 4.78 is 58.4. The highest BCUT2D eigenvalue weighted by Gasteiger charge is 2.32. The van der Waals surface area contributed by atoms with Gasteiger partial charge >= 0.3 is 6.09 Å². The zero-order chi connectivity index (χ0) is 49.5. The van der Waals surface area contributed by atoms with E-state index in [1.54, 1.807) is 23.4 Å². The Morgan fingerprint density at radius 3 is 1.66 bits per heavy atom. The van der Waals surface area contributed by atoms with Crippen molar-refractivity contribution in [2.24, 2.45) is 0 Å². The quantitative estimate of drug-likeness (QED) is 0.169. The van der Waals surface area contributed by atoms with Gasteiger partial charge in [-0.25, -0.2) is 14.8 Å². The van der Waals surface area contributed by atoms with Crippen LogP contribution in [0.1, 0.15) is 57.8 Å². The second-order valence-corrected chi connectivity index (χ2v) is 18.8. The van der Waals surface area contributed by atoms with Gasteiger partial charge in [-0.2, -0.15) is 18.7 Å². The fourth-order valence-electron chi connectivity index (χ4n) is 9.01. The largest absolute Gasteiger partial charge is 0.486 e. The molecule has 0 aliphatic carbocycles. The maximum atomic E-state index is 13.7. The van der Waals surface area contributed by atoms with Crippen LogP contribution in [0.15, 0.2) is 70.8 Å². The normalized spacial score (nSPS) is 16.6. The number of nitrogens with zero attached hydrogens (tertiary/aromatic N) is 11. The van der Waals surface area contributed by atoms with Gasteiger partial charge in [0.25, 0.3) is 11.1 Å². The van der Waals surface area contributed by atoms with Crippen molar-refractivity contribution in [2.45, 2.75) is 90.3 Å². The summed E-state index contributed by atoms with van der Waals surface area (Å²) in [6.07, 6.45) is 8.92. The van der Waals surface area contributed by atoms with E-state index in [1.807, 2.05) is 32.9 Å². The van der Waals surface area contributed by atoms with E-state index in [9.17, 15) is 23.2 Å². The molecule has 2 saturated heterocycles. The number of carbonyl (C=O) groups excluding carboxylic acids is 1. The first-order valence-electron chi connectivity index (χ1n) is 24.0. The van der Waals surface area contributed by atoms with Gasteiger partial charge in [-0.3, -0.25) is 33.6 Å². The molecular formula is C49H58F2N12O8. The van der Waals surface area contributed by atoms with Gasteiger partial charge in [0.1, 0.15) is 43.1 Å². The van der Waals surface area contributed by atoms with E-state index in [2.05, 4.69) is 45.0 Å². The molecule has 4 aliphatic rings. The second kappa shape index (κ2) is 22.0. The Balaban J connectivity index is 0.000000179. The topological polar surface area (TPSA) is 206 Å². The van der Waals surface area contributed by atoms with Gasteiger partial charge in [0.15, 0.2) is 34.3 Å². The number of pyridine rings is 4. The van der Waals surface area contributed by atoms with Crippen molar-refractivity contribution in [3.63, 3.8) is 0 Å². The SMILES string of the molecule is CC(C)(C)OC(=O)N(Cc1cc2c(cn1)OCCO2)C1CCN(CCn2c(=O)cnc3ccc(F)nc32)CC1.O=c1cnc2ccc(F)nc2n1CCN1CCC(NCc2cc3c(cn2)OCCO3)CC1. The van der Waals surface area contributed by atoms with E-state index in [0.717, 1.165) is 63.3 Å². The molecule has 2 fully saturated rings. The number of halogens is 2. The summed E-state index contributed by atoms with van der Waals surface area (Å²) in [6.45, 7) is 14.0. The number of likely N-dealkylation sites (tertiary alicyclic amines) is 2. The molecule has 10 rings (SSSR count). The average molecular weight is 981 g/mol. The maximum Gasteiger partial charge on any atom is 0.410 e. The molecule has 0 saturated carbocycles. The van der Waals surface area contributed by atoms with Gasteiger partial charge < -0.3 is 38.8 Å². The number of carbonyl (C=O) groups is 1. The number of hydrogen-bond acceptors (Lipinski definition) is 17. The molecule has 0 spiro atoms. The fourth-order valence-corrected chi connectivity index (χ4v) is 9.01. The molecule has 0 unspecified atom stereocenters. The summed E-state index contributed by atoms with van der Waals surface area (Å²) in [7, 11) is 0. The number of amides is 1. The Bertz CT molecular complexity index is 2960. The average Bonchev–Trinajstić information content (AvgIpc) is 3.37. The van der Waals surface area contributed by atoms with Crippen LogP contribution in [0.25, 0.3) is 22.3 Å². The molecule has 1 amide bonds. The molecule has 0 bridgehead atoms. The molecule has 10 heterocycles. The van der Waals surface area contributed by atoms with Gasteiger partial charge in [0.2, 0.25) is 11.9 Å². The van der Waals surface area contributed by atoms with Crippen LogP contribution in [0, 0.1) is 11.9 Å². The molecule has 0 radical (unpaired) electrons. The van der Waals surface area contributed by atoms with Crippen LogP contribution in [0.5, 0.6) is 23.0 Å². The van der Waals surface area contributed by atoms with Crippen LogP contribution in [0.2, 0.25) is 0 Å². The summed E-state index contributed by atoms with van der Waals surface area (Å²) in [4.78, 5) is 69.1. The summed E-state index contributed by atoms with van der Waals surface area (Å²) in [5.74, 6) is 1.41. The third kappa shape index (κ3) is 12.5. The predicted octanol–water partition coefficient (Wildman–Crippen LogP) is 4.35. The van der Waals surface area contributed by atoms with Gasteiger partial charge in [-0.1, -0.05) is 0 Å². The Morgan fingerprint density at radius 1 is 0.662 bits per heavy atom. The van der Waals surface area contributed by atoms with Crippen molar-refractivity contribution >= 4 is 28.4 Å². The first-order chi connectivity index (χ1) is 34.3. The van der Waals surface area contributed by atoms with Crippen molar-refractivity contribution in [3.8, 4) is 23.0 Å². The van der Waals surface area contributed by atoms with Crippen LogP contribution in [-0.2, 0) is 30.9 Å². The third-order valence-electron chi connectivity index (χ3n) is 12.7. The summed E-state index contributed by atoms with van der Waals surface area (Å²) in [5, 5.41) is 3.58. The number of rotatable bonds is 12. The van der Waals surface area contributed by atoms with E-state index in [1.165, 1.54) is 39.7 Å². The Hall–Kier alpha value is -6.91. The van der Waals surface area contributed by atoms with Crippen LogP contribution in [-0.4, -0.2) is 143 Å². The number of piperidine rings is 2. The first-order valence-corrected chi connectivity index (χ1v) is 24.0. The fraction of sp³-hybridized carbons (Fsp3) is 0.490. The highest BCUT2D eigenvalue weighted by molar-refractivity contribution is 5.70. The summed E-state index contributed by atoms with van der Waals surface area (Å²) >= 11 is 0. The maximum absolute atomic E-state index is 13.7. The van der Waals surface area contributed by atoms with Crippen LogP contribution in [0.4, 0.5) is 13.6 Å². The second-order valence-electron chi connectivity index (χ2n) is 18.8. The van der Waals surface area contributed by atoms with Crippen molar-refractivity contribution in [2.75, 3.05) is 65.7 Å². The highest BCUT2D eigenvalue weighted by atomic mass is 19.1. The lowest BCUT2D eigenvalue weighted by Crippen LogP contribution is -2.49. The van der Waals surface area contributed by atoms with E-state index >= 15 is 0 Å². The molecule has 1 N–H and O–H groups in total. The lowest BCUT2D eigenvalue weighted by atomic mass is 10.0.